The van der Waals surface area contributed by atoms with Crippen LogP contribution in [0.25, 0.3) is 0 Å². The summed E-state index contributed by atoms with van der Waals surface area (Å²) in [4.78, 5) is 0. The van der Waals surface area contributed by atoms with Crippen molar-refractivity contribution in [3.8, 4) is 0 Å². The molecule has 0 aliphatic rings. The molecule has 0 aliphatic heterocycles. The molecule has 2 N–H and O–H groups in total. The van der Waals surface area contributed by atoms with Gasteiger partial charge in [0.25, 0.3) is 0 Å². The third-order valence-corrected chi connectivity index (χ3v) is 0.800. The molecule has 7 heteroatoms. The number of nitrogens with two attached hydrogens (primary N) is 1. The number of para-hydroxylation sites is 1. The van der Waals surface area contributed by atoms with Gasteiger partial charge in [0.1, 0.15) is 0 Å². The molecular weight excluding hydrogens is 278 g/mol. The number of benzene rings is 1. The Morgan fingerprint density at radius 2 is 0.833 bits per heavy atom. The van der Waals surface area contributed by atoms with Crippen LogP contribution in [-0.2, 0) is 40.6 Å². The smallest absolute Gasteiger partial charge is 0 e. The Balaban J connectivity index is -0.0000000285. The summed E-state index contributed by atoms with van der Waals surface area (Å²) < 4.78 is 37.5. The van der Waals surface area contributed by atoms with Gasteiger partial charge < -0.3 is 5.73 Å². The SMILES string of the molecule is Nc1ccccc1.[C-]#[O+].[C-]#[O+].[C-]#[O+].[C-]#[O+].[C-]#[O+].[Cr]. The first kappa shape index (κ1) is 36.0. The summed E-state index contributed by atoms with van der Waals surface area (Å²) in [5.41, 5.74) is 6.18. The third kappa shape index (κ3) is 64.0. The fourth-order valence-corrected chi connectivity index (χ4v) is 0.453. The molecule has 0 saturated carbocycles. The molecule has 0 amide bonds. The number of anilines is 1. The van der Waals surface area contributed by atoms with E-state index in [0.717, 1.165) is 5.69 Å². The molecule has 0 saturated heterocycles. The molecule has 6 nitrogen and oxygen atoms in total. The second-order valence-corrected chi connectivity index (χ2v) is 1.41. The van der Waals surface area contributed by atoms with E-state index in [9.17, 15) is 0 Å². The van der Waals surface area contributed by atoms with Crippen LogP contribution in [0.1, 0.15) is 0 Å². The molecule has 1 aromatic carbocycles. The first-order valence-electron chi connectivity index (χ1n) is 3.22. The standard InChI is InChI=1S/C6H7N.5CO.Cr/c7-6-4-2-1-3-5-6;5*1-2;/h1-5H,7H2;;;;;;. The van der Waals surface area contributed by atoms with Crippen molar-refractivity contribution in [2.24, 2.45) is 0 Å². The van der Waals surface area contributed by atoms with E-state index in [-0.39, 0.29) is 17.4 Å². The zero-order chi connectivity index (χ0) is 15.1. The molecule has 0 bridgehead atoms. The molecule has 0 fully saturated rings. The van der Waals surface area contributed by atoms with E-state index in [2.05, 4.69) is 33.3 Å². The van der Waals surface area contributed by atoms with Crippen LogP contribution in [0.2, 0.25) is 0 Å². The summed E-state index contributed by atoms with van der Waals surface area (Å²) in [5.74, 6) is 0. The van der Waals surface area contributed by atoms with Gasteiger partial charge in [-0.3, -0.25) is 0 Å². The van der Waals surface area contributed by atoms with Crippen LogP contribution in [0.15, 0.2) is 30.3 Å². The second-order valence-electron chi connectivity index (χ2n) is 1.41. The van der Waals surface area contributed by atoms with Crippen molar-refractivity contribution < 1.29 is 40.6 Å². The van der Waals surface area contributed by atoms with Crippen molar-refractivity contribution in [2.75, 3.05) is 5.73 Å². The van der Waals surface area contributed by atoms with Gasteiger partial charge in [-0.25, -0.2) is 0 Å². The maximum absolute atomic E-state index is 7.50. The third-order valence-electron chi connectivity index (χ3n) is 0.800. The summed E-state index contributed by atoms with van der Waals surface area (Å²) >= 11 is 0. The fourth-order valence-electron chi connectivity index (χ4n) is 0.453. The van der Waals surface area contributed by atoms with Gasteiger partial charge in [0.05, 0.1) is 0 Å². The molecule has 0 aromatic heterocycles. The van der Waals surface area contributed by atoms with E-state index < -0.39 is 0 Å². The molecule has 0 heterocycles. The van der Waals surface area contributed by atoms with Crippen LogP contribution in [0.4, 0.5) is 5.69 Å². The van der Waals surface area contributed by atoms with Crippen LogP contribution in [0.3, 0.4) is 0 Å². The van der Waals surface area contributed by atoms with E-state index in [1.807, 2.05) is 30.3 Å². The summed E-state index contributed by atoms with van der Waals surface area (Å²) in [7, 11) is 0. The van der Waals surface area contributed by atoms with Crippen molar-refractivity contribution in [3.05, 3.63) is 63.6 Å². The monoisotopic (exact) mass is 285 g/mol. The number of rotatable bonds is 0. The Labute approximate surface area is 116 Å². The predicted molar refractivity (Wildman–Crippen MR) is 50.5 cm³/mol. The number of nitrogen functional groups attached to an aromatic ring is 1. The summed E-state index contributed by atoms with van der Waals surface area (Å²) in [6.07, 6.45) is 0. The molecule has 0 aliphatic carbocycles. The molecule has 92 valence electrons. The van der Waals surface area contributed by atoms with Crippen LogP contribution in [0.5, 0.6) is 0 Å². The molecule has 0 radical (unpaired) electrons. The molecule has 0 atom stereocenters. The Morgan fingerprint density at radius 1 is 0.611 bits per heavy atom. The molecule has 1 aromatic rings. The van der Waals surface area contributed by atoms with E-state index in [1.54, 1.807) is 0 Å². The van der Waals surface area contributed by atoms with Crippen molar-refractivity contribution in [2.45, 2.75) is 0 Å². The largest absolute Gasteiger partial charge is 0 e. The fraction of sp³-hybridized carbons (Fsp3) is 0. The maximum Gasteiger partial charge on any atom is 0 e. The van der Waals surface area contributed by atoms with Crippen molar-refractivity contribution >= 4 is 5.69 Å². The van der Waals surface area contributed by atoms with Crippen LogP contribution in [-0.4, -0.2) is 0 Å². The number of hydrogen-bond acceptors (Lipinski definition) is 1. The van der Waals surface area contributed by atoms with E-state index in [4.69, 9.17) is 29.0 Å². The first-order valence-corrected chi connectivity index (χ1v) is 3.22. The molecule has 1 rings (SSSR count). The minimum Gasteiger partial charge on any atom is 0 e. The van der Waals surface area contributed by atoms with Gasteiger partial charge in [-0.1, -0.05) is 18.2 Å². The zero-order valence-electron chi connectivity index (χ0n) is 8.91. The summed E-state index contributed by atoms with van der Waals surface area (Å²) in [5, 5.41) is 0. The van der Waals surface area contributed by atoms with Gasteiger partial charge in [0, 0.05) is 23.0 Å². The van der Waals surface area contributed by atoms with E-state index in [1.165, 1.54) is 0 Å². The first-order chi connectivity index (χ1) is 8.39. The van der Waals surface area contributed by atoms with Crippen molar-refractivity contribution in [1.82, 2.24) is 0 Å². The minimum atomic E-state index is 0. The van der Waals surface area contributed by atoms with Crippen molar-refractivity contribution in [1.29, 1.82) is 0 Å². The normalized spacial score (nSPS) is 3.89. The predicted octanol–water partition coefficient (Wildman–Crippen LogP) is 1.08. The van der Waals surface area contributed by atoms with Crippen LogP contribution < -0.4 is 5.73 Å². The Kier molecular flexibility index (Phi) is 158. The average Bonchev–Trinajstić information content (AvgIpc) is 2.50. The van der Waals surface area contributed by atoms with Gasteiger partial charge in [-0.05, 0) is 12.1 Å². The van der Waals surface area contributed by atoms with Crippen LogP contribution >= 0.6 is 0 Å². The number of hydrogen-bond donors (Lipinski definition) is 1. The second kappa shape index (κ2) is 79.3. The average molecular weight is 285 g/mol. The minimum absolute atomic E-state index is 0. The molecule has 18 heavy (non-hydrogen) atoms. The Morgan fingerprint density at radius 3 is 0.944 bits per heavy atom. The maximum atomic E-state index is 7.50. The summed E-state index contributed by atoms with van der Waals surface area (Å²) in [6.45, 7) is 22.5. The van der Waals surface area contributed by atoms with Crippen LogP contribution in [0, 0.1) is 33.3 Å². The van der Waals surface area contributed by atoms with E-state index in [0.29, 0.717) is 0 Å². The molecular formula is C11H7CrNO5. The topological polar surface area (TPSA) is 126 Å². The molecule has 0 spiro atoms. The van der Waals surface area contributed by atoms with Gasteiger partial charge >= 0.3 is 56.5 Å². The Bertz CT molecular complexity index is 281. The van der Waals surface area contributed by atoms with Gasteiger partial charge in [0.15, 0.2) is 0 Å². The van der Waals surface area contributed by atoms with Gasteiger partial charge in [-0.2, -0.15) is 0 Å². The molecule has 0 unspecified atom stereocenters. The quantitative estimate of drug-likeness (QED) is 0.427. The van der Waals surface area contributed by atoms with Gasteiger partial charge in [0.2, 0.25) is 0 Å². The Hall–Kier alpha value is -1.75. The zero-order valence-corrected chi connectivity index (χ0v) is 10.2. The summed E-state index contributed by atoms with van der Waals surface area (Å²) in [6, 6.07) is 9.49. The van der Waals surface area contributed by atoms with Crippen molar-refractivity contribution in [3.63, 3.8) is 0 Å². The van der Waals surface area contributed by atoms with E-state index >= 15 is 0 Å². The van der Waals surface area contributed by atoms with Gasteiger partial charge in [-0.15, -0.1) is 0 Å².